The molecule has 0 amide bonds. The van der Waals surface area contributed by atoms with Gasteiger partial charge in [0.25, 0.3) is 0 Å². The van der Waals surface area contributed by atoms with Gasteiger partial charge in [-0.25, -0.2) is 0 Å². The molecule has 0 spiro atoms. The summed E-state index contributed by atoms with van der Waals surface area (Å²) in [5, 5.41) is 0. The number of carbonyl (C=O) groups excluding carboxylic acids is 1. The first-order valence-electron chi connectivity index (χ1n) is 4.85. The lowest BCUT2D eigenvalue weighted by atomic mass is 10.0. The summed E-state index contributed by atoms with van der Waals surface area (Å²) in [6.07, 6.45) is 0. The number of carbonyl (C=O) groups is 1. The van der Waals surface area contributed by atoms with Crippen molar-refractivity contribution in [3.63, 3.8) is 0 Å². The predicted octanol–water partition coefficient (Wildman–Crippen LogP) is 3.46. The minimum atomic E-state index is 0.0552. The van der Waals surface area contributed by atoms with E-state index in [1.165, 1.54) is 0 Å². The van der Waals surface area contributed by atoms with E-state index >= 15 is 0 Å². The van der Waals surface area contributed by atoms with Crippen LogP contribution in [0.4, 0.5) is 0 Å². The molecule has 0 bridgehead atoms. The Labute approximate surface area is 88.5 Å². The first-order chi connectivity index (χ1) is 7.18. The average Bonchev–Trinajstić information content (AvgIpc) is 2.65. The lowest BCUT2D eigenvalue weighted by molar-refractivity contribution is 0.101. The molecule has 0 unspecified atom stereocenters. The van der Waals surface area contributed by atoms with E-state index < -0.39 is 0 Å². The van der Waals surface area contributed by atoms with Gasteiger partial charge in [-0.1, -0.05) is 24.3 Å². The monoisotopic (exact) mass is 200 g/mol. The molecule has 0 aliphatic heterocycles. The van der Waals surface area contributed by atoms with Gasteiger partial charge in [0.2, 0.25) is 0 Å². The van der Waals surface area contributed by atoms with Crippen LogP contribution in [-0.4, -0.2) is 5.78 Å². The van der Waals surface area contributed by atoms with Crippen LogP contribution in [0.3, 0.4) is 0 Å². The minimum absolute atomic E-state index is 0.0552. The van der Waals surface area contributed by atoms with Crippen LogP contribution >= 0.6 is 0 Å². The maximum atomic E-state index is 11.4. The summed E-state index contributed by atoms with van der Waals surface area (Å²) >= 11 is 0. The van der Waals surface area contributed by atoms with E-state index in [-0.39, 0.29) is 5.78 Å². The number of benzene rings is 1. The predicted molar refractivity (Wildman–Crippen MR) is 58.9 cm³/mol. The highest BCUT2D eigenvalue weighted by Gasteiger charge is 2.10. The Bertz CT molecular complexity index is 495. The number of ketones is 1. The van der Waals surface area contributed by atoms with Crippen LogP contribution in [0.5, 0.6) is 0 Å². The van der Waals surface area contributed by atoms with Gasteiger partial charge in [-0.05, 0) is 26.0 Å². The van der Waals surface area contributed by atoms with Crippen LogP contribution in [-0.2, 0) is 0 Å². The van der Waals surface area contributed by atoms with Crippen molar-refractivity contribution in [3.8, 4) is 11.3 Å². The summed E-state index contributed by atoms with van der Waals surface area (Å²) in [4.78, 5) is 11.4. The highest BCUT2D eigenvalue weighted by Crippen LogP contribution is 2.25. The summed E-state index contributed by atoms with van der Waals surface area (Å²) in [5.41, 5.74) is 1.56. The van der Waals surface area contributed by atoms with Gasteiger partial charge < -0.3 is 4.42 Å². The van der Waals surface area contributed by atoms with Crippen LogP contribution in [0.1, 0.15) is 23.0 Å². The number of Topliss-reactive ketones (excluding diaryl/α,β-unsaturated/α-hetero) is 1. The molecular weight excluding hydrogens is 188 g/mol. The SMILES string of the molecule is CC(=O)c1ccccc1-c1ccc(C)o1. The second-order valence-electron chi connectivity index (χ2n) is 3.51. The molecule has 0 aliphatic carbocycles. The Morgan fingerprint density at radius 3 is 2.47 bits per heavy atom. The molecule has 1 aromatic heterocycles. The lowest BCUT2D eigenvalue weighted by Gasteiger charge is -2.02. The molecule has 0 fully saturated rings. The van der Waals surface area contributed by atoms with Crippen LogP contribution in [0.15, 0.2) is 40.8 Å². The zero-order valence-corrected chi connectivity index (χ0v) is 8.78. The van der Waals surface area contributed by atoms with Crippen molar-refractivity contribution in [2.24, 2.45) is 0 Å². The van der Waals surface area contributed by atoms with Crippen molar-refractivity contribution < 1.29 is 9.21 Å². The third-order valence-electron chi connectivity index (χ3n) is 2.31. The van der Waals surface area contributed by atoms with Crippen molar-refractivity contribution in [1.82, 2.24) is 0 Å². The largest absolute Gasteiger partial charge is 0.461 e. The van der Waals surface area contributed by atoms with Gasteiger partial charge >= 0.3 is 0 Å². The molecule has 76 valence electrons. The van der Waals surface area contributed by atoms with E-state index in [2.05, 4.69) is 0 Å². The zero-order chi connectivity index (χ0) is 10.8. The van der Waals surface area contributed by atoms with Gasteiger partial charge in [0.1, 0.15) is 11.5 Å². The van der Waals surface area contributed by atoms with Gasteiger partial charge in [-0.3, -0.25) is 4.79 Å². The fraction of sp³-hybridized carbons (Fsp3) is 0.154. The first kappa shape index (κ1) is 9.71. The van der Waals surface area contributed by atoms with Crippen molar-refractivity contribution >= 4 is 5.78 Å². The summed E-state index contributed by atoms with van der Waals surface area (Å²) < 4.78 is 5.51. The number of hydrogen-bond acceptors (Lipinski definition) is 2. The van der Waals surface area contributed by atoms with E-state index in [0.717, 1.165) is 17.1 Å². The Kier molecular flexibility index (Phi) is 2.42. The molecule has 0 N–H and O–H groups in total. The third-order valence-corrected chi connectivity index (χ3v) is 2.31. The van der Waals surface area contributed by atoms with Crippen molar-refractivity contribution in [2.75, 3.05) is 0 Å². The molecule has 2 nitrogen and oxygen atoms in total. The van der Waals surface area contributed by atoms with Crippen LogP contribution in [0.25, 0.3) is 11.3 Å². The maximum Gasteiger partial charge on any atom is 0.160 e. The maximum absolute atomic E-state index is 11.4. The van der Waals surface area contributed by atoms with Crippen molar-refractivity contribution in [2.45, 2.75) is 13.8 Å². The molecule has 2 aromatic rings. The van der Waals surface area contributed by atoms with E-state index in [1.807, 2.05) is 43.3 Å². The Morgan fingerprint density at radius 1 is 1.13 bits per heavy atom. The topological polar surface area (TPSA) is 30.2 Å². The second-order valence-corrected chi connectivity index (χ2v) is 3.51. The van der Waals surface area contributed by atoms with Gasteiger partial charge in [0, 0.05) is 11.1 Å². The molecule has 0 saturated carbocycles. The Balaban J connectivity index is 2.57. The molecule has 0 aliphatic rings. The van der Waals surface area contributed by atoms with E-state index in [1.54, 1.807) is 6.92 Å². The number of rotatable bonds is 2. The van der Waals surface area contributed by atoms with Crippen molar-refractivity contribution in [3.05, 3.63) is 47.7 Å². The van der Waals surface area contributed by atoms with Gasteiger partial charge in [-0.2, -0.15) is 0 Å². The molecule has 0 radical (unpaired) electrons. The minimum Gasteiger partial charge on any atom is -0.461 e. The van der Waals surface area contributed by atoms with Crippen LogP contribution < -0.4 is 0 Å². The summed E-state index contributed by atoms with van der Waals surface area (Å²) in [6.45, 7) is 3.45. The summed E-state index contributed by atoms with van der Waals surface area (Å²) in [7, 11) is 0. The highest BCUT2D eigenvalue weighted by molar-refractivity contribution is 6.00. The van der Waals surface area contributed by atoms with E-state index in [0.29, 0.717) is 5.56 Å². The molecule has 1 heterocycles. The standard InChI is InChI=1S/C13H12O2/c1-9-7-8-13(15-9)12-6-4-3-5-11(12)10(2)14/h3-8H,1-2H3. The smallest absolute Gasteiger partial charge is 0.160 e. The second kappa shape index (κ2) is 3.73. The molecule has 2 heteroatoms. The normalized spacial score (nSPS) is 10.3. The quantitative estimate of drug-likeness (QED) is 0.695. The van der Waals surface area contributed by atoms with Gasteiger partial charge in [0.05, 0.1) is 0 Å². The lowest BCUT2D eigenvalue weighted by Crippen LogP contribution is -1.94. The number of hydrogen-bond donors (Lipinski definition) is 0. The Hall–Kier alpha value is -1.83. The fourth-order valence-electron chi connectivity index (χ4n) is 1.58. The molecule has 0 atom stereocenters. The molecule has 0 saturated heterocycles. The zero-order valence-electron chi connectivity index (χ0n) is 8.78. The van der Waals surface area contributed by atoms with Crippen LogP contribution in [0, 0.1) is 6.92 Å². The van der Waals surface area contributed by atoms with E-state index in [4.69, 9.17) is 4.42 Å². The van der Waals surface area contributed by atoms with E-state index in [9.17, 15) is 4.79 Å². The third kappa shape index (κ3) is 1.84. The molecule has 1 aromatic carbocycles. The van der Waals surface area contributed by atoms with Crippen molar-refractivity contribution in [1.29, 1.82) is 0 Å². The highest BCUT2D eigenvalue weighted by atomic mass is 16.3. The summed E-state index contributed by atoms with van der Waals surface area (Å²) in [6, 6.07) is 11.3. The molecule has 15 heavy (non-hydrogen) atoms. The fourth-order valence-corrected chi connectivity index (χ4v) is 1.58. The van der Waals surface area contributed by atoms with Crippen LogP contribution in [0.2, 0.25) is 0 Å². The molecule has 2 rings (SSSR count). The average molecular weight is 200 g/mol. The van der Waals surface area contributed by atoms with Gasteiger partial charge in [-0.15, -0.1) is 0 Å². The molecular formula is C13H12O2. The van der Waals surface area contributed by atoms with Gasteiger partial charge in [0.15, 0.2) is 5.78 Å². The Morgan fingerprint density at radius 2 is 1.87 bits per heavy atom. The first-order valence-corrected chi connectivity index (χ1v) is 4.85. The number of furan rings is 1. The summed E-state index contributed by atoms with van der Waals surface area (Å²) in [5.74, 6) is 1.65. The number of aryl methyl sites for hydroxylation is 1.